The lowest BCUT2D eigenvalue weighted by molar-refractivity contribution is 0.177. The van der Waals surface area contributed by atoms with Crippen LogP contribution in [0.15, 0.2) is 42.5 Å². The Morgan fingerprint density at radius 2 is 1.28 bits per heavy atom. The summed E-state index contributed by atoms with van der Waals surface area (Å²) >= 11 is 0. The molecule has 0 radical (unpaired) electrons. The SMILES string of the molecule is Oc1ccc(P)cc1CN(P)Cc1cc(P)cc(CN(P)Cc2cc(P)cc3c2OCN(P)C3)c1O. The van der Waals surface area contributed by atoms with Gasteiger partial charge < -0.3 is 14.9 Å². The van der Waals surface area contributed by atoms with Crippen LogP contribution < -0.4 is 20.7 Å². The Kier molecular flexibility index (Phi) is 9.97. The van der Waals surface area contributed by atoms with Gasteiger partial charge in [-0.1, -0.05) is 34.2 Å². The van der Waals surface area contributed by atoms with Gasteiger partial charge in [-0.25, -0.2) is 0 Å². The smallest absolute Gasteiger partial charge is 0.145 e. The van der Waals surface area contributed by atoms with Crippen LogP contribution >= 0.6 is 55.9 Å². The van der Waals surface area contributed by atoms with Crippen molar-refractivity contribution in [2.24, 2.45) is 0 Å². The Morgan fingerprint density at radius 3 is 1.94 bits per heavy atom. The Morgan fingerprint density at radius 1 is 0.750 bits per heavy atom. The van der Waals surface area contributed by atoms with Gasteiger partial charge in [-0.3, -0.25) is 14.0 Å². The lowest BCUT2D eigenvalue weighted by Crippen LogP contribution is -2.26. The van der Waals surface area contributed by atoms with E-state index in [1.165, 1.54) is 5.56 Å². The molecule has 0 amide bonds. The molecule has 6 atom stereocenters. The zero-order valence-corrected chi connectivity index (χ0v) is 26.8. The second-order valence-corrected chi connectivity index (χ2v) is 13.3. The molecule has 1 aliphatic rings. The molecule has 3 aromatic rings. The summed E-state index contributed by atoms with van der Waals surface area (Å²) in [6, 6.07) is 13.8. The minimum atomic E-state index is 0.267. The van der Waals surface area contributed by atoms with E-state index in [0.29, 0.717) is 38.7 Å². The second kappa shape index (κ2) is 12.6. The highest BCUT2D eigenvalue weighted by Crippen LogP contribution is 2.33. The van der Waals surface area contributed by atoms with Crippen LogP contribution in [0, 0.1) is 0 Å². The number of ether oxygens (including phenoxy) is 1. The molecule has 6 unspecified atom stereocenters. The molecule has 12 heteroatoms. The minimum absolute atomic E-state index is 0.267. The lowest BCUT2D eigenvalue weighted by atomic mass is 10.1. The van der Waals surface area contributed by atoms with Crippen LogP contribution in [0.1, 0.15) is 27.8 Å². The molecule has 0 aliphatic carbocycles. The van der Waals surface area contributed by atoms with Crippen molar-refractivity contribution >= 4 is 71.8 Å². The maximum absolute atomic E-state index is 11.1. The summed E-state index contributed by atoms with van der Waals surface area (Å²) in [7, 11) is 16.4. The van der Waals surface area contributed by atoms with Gasteiger partial charge in [-0.2, -0.15) is 0 Å². The van der Waals surface area contributed by atoms with Crippen LogP contribution in [0.4, 0.5) is 0 Å². The van der Waals surface area contributed by atoms with Gasteiger partial charge in [-0.15, -0.1) is 27.7 Å². The van der Waals surface area contributed by atoms with E-state index in [1.54, 1.807) is 6.07 Å². The van der Waals surface area contributed by atoms with Crippen molar-refractivity contribution in [3.05, 3.63) is 70.3 Å². The molecule has 0 saturated heterocycles. The van der Waals surface area contributed by atoms with Crippen LogP contribution in [0.25, 0.3) is 0 Å². The number of benzene rings is 3. The van der Waals surface area contributed by atoms with Gasteiger partial charge in [0.15, 0.2) is 0 Å². The van der Waals surface area contributed by atoms with E-state index in [1.807, 2.05) is 28.9 Å². The minimum Gasteiger partial charge on any atom is -0.508 e. The molecule has 36 heavy (non-hydrogen) atoms. The first-order valence-electron chi connectivity index (χ1n) is 11.3. The van der Waals surface area contributed by atoms with Crippen LogP contribution in [-0.2, 0) is 32.7 Å². The second-order valence-electron chi connectivity index (χ2n) is 9.07. The number of aromatic hydroxyl groups is 2. The van der Waals surface area contributed by atoms with Crippen molar-refractivity contribution in [2.45, 2.75) is 32.7 Å². The monoisotopic (exact) mass is 597 g/mol. The Hall–Kier alpha value is -0.480. The van der Waals surface area contributed by atoms with Crippen molar-refractivity contribution in [1.82, 2.24) is 14.0 Å². The highest BCUT2D eigenvalue weighted by Gasteiger charge is 2.20. The topological polar surface area (TPSA) is 59.4 Å². The Labute approximate surface area is 227 Å². The molecule has 0 fully saturated rings. The van der Waals surface area contributed by atoms with Gasteiger partial charge in [0.25, 0.3) is 0 Å². The van der Waals surface area contributed by atoms with E-state index < -0.39 is 0 Å². The number of hydrogen-bond donors (Lipinski definition) is 2. The number of nitrogens with zero attached hydrogens (tertiary/aromatic N) is 3. The molecule has 3 aromatic carbocycles. The molecule has 0 aromatic heterocycles. The third-order valence-corrected chi connectivity index (χ3v) is 7.99. The molecule has 6 nitrogen and oxygen atoms in total. The Balaban J connectivity index is 1.48. The summed E-state index contributed by atoms with van der Waals surface area (Å²) < 4.78 is 12.2. The highest BCUT2D eigenvalue weighted by atomic mass is 31.0. The molecule has 4 rings (SSSR count). The van der Waals surface area contributed by atoms with E-state index >= 15 is 0 Å². The predicted molar refractivity (Wildman–Crippen MR) is 169 cm³/mol. The molecule has 2 N–H and O–H groups in total. The quantitative estimate of drug-likeness (QED) is 0.390. The van der Waals surface area contributed by atoms with E-state index in [4.69, 9.17) is 4.74 Å². The average Bonchev–Trinajstić information content (AvgIpc) is 2.78. The predicted octanol–water partition coefficient (Wildman–Crippen LogP) is 3.13. The fourth-order valence-corrected chi connectivity index (χ4v) is 6.52. The van der Waals surface area contributed by atoms with E-state index in [9.17, 15) is 10.2 Å². The maximum atomic E-state index is 11.1. The van der Waals surface area contributed by atoms with Crippen molar-refractivity contribution in [3.8, 4) is 17.2 Å². The van der Waals surface area contributed by atoms with Gasteiger partial charge in [0.05, 0.1) is 0 Å². The van der Waals surface area contributed by atoms with E-state index in [0.717, 1.165) is 50.5 Å². The summed E-state index contributed by atoms with van der Waals surface area (Å²) in [6.45, 7) is 3.66. The Bertz CT molecular complexity index is 1260. The zero-order valence-electron chi connectivity index (χ0n) is 19.9. The van der Waals surface area contributed by atoms with Crippen molar-refractivity contribution < 1.29 is 14.9 Å². The summed E-state index contributed by atoms with van der Waals surface area (Å²) in [5.74, 6) is 1.51. The van der Waals surface area contributed by atoms with Crippen molar-refractivity contribution in [2.75, 3.05) is 6.73 Å². The fourth-order valence-electron chi connectivity index (χ4n) is 4.36. The number of fused-ring (bicyclic) bond motifs is 1. The lowest BCUT2D eigenvalue weighted by Gasteiger charge is -2.29. The van der Waals surface area contributed by atoms with Crippen LogP contribution in [0.3, 0.4) is 0 Å². The first kappa shape index (κ1) is 28.5. The van der Waals surface area contributed by atoms with Gasteiger partial charge in [0.1, 0.15) is 24.0 Å². The summed E-state index contributed by atoms with van der Waals surface area (Å²) in [4.78, 5) is 0. The van der Waals surface area contributed by atoms with Gasteiger partial charge in [0.2, 0.25) is 0 Å². The molecule has 1 aliphatic heterocycles. The average molecular weight is 597 g/mol. The summed E-state index contributed by atoms with van der Waals surface area (Å²) in [6.07, 6.45) is 0. The molecular formula is C24H33N3O3P6. The van der Waals surface area contributed by atoms with Gasteiger partial charge in [-0.05, 0) is 52.3 Å². The first-order valence-corrected chi connectivity index (χ1v) is 14.6. The standard InChI is InChI=1S/C24H33N3O3P6/c28-22-2-1-19(31)3-14(22)8-25(34)9-15-4-20(32)5-16(23(15)29)10-26(35)11-17-6-21(33)7-18-12-27(36)13-30-24(17)18/h1-7,28-29H,8-13,31-36H2. The molecule has 0 spiro atoms. The molecule has 0 bridgehead atoms. The van der Waals surface area contributed by atoms with Crippen molar-refractivity contribution in [1.29, 1.82) is 0 Å². The van der Waals surface area contributed by atoms with E-state index in [-0.39, 0.29) is 5.75 Å². The summed E-state index contributed by atoms with van der Waals surface area (Å²) in [5.41, 5.74) is 4.82. The molecule has 1 heterocycles. The zero-order chi connectivity index (χ0) is 26.0. The normalized spacial score (nSPS) is 13.8. The number of phenols is 2. The van der Waals surface area contributed by atoms with Crippen LogP contribution in [0.2, 0.25) is 0 Å². The van der Waals surface area contributed by atoms with Crippen molar-refractivity contribution in [3.63, 3.8) is 0 Å². The number of phenolic OH excluding ortho intramolecular Hbond substituents is 2. The molecule has 0 saturated carbocycles. The largest absolute Gasteiger partial charge is 0.508 e. The maximum Gasteiger partial charge on any atom is 0.145 e. The third-order valence-electron chi connectivity index (χ3n) is 5.90. The van der Waals surface area contributed by atoms with Crippen LogP contribution in [-0.4, -0.2) is 31.0 Å². The number of hydrogen-bond acceptors (Lipinski definition) is 6. The van der Waals surface area contributed by atoms with Gasteiger partial charge in [0, 0.05) is 60.5 Å². The molecule has 192 valence electrons. The highest BCUT2D eigenvalue weighted by molar-refractivity contribution is 7.27. The van der Waals surface area contributed by atoms with E-state index in [2.05, 4.69) is 77.4 Å². The third kappa shape index (κ3) is 7.33. The first-order chi connectivity index (χ1) is 17.1. The van der Waals surface area contributed by atoms with Crippen LogP contribution in [0.5, 0.6) is 17.2 Å². The fraction of sp³-hybridized carbons (Fsp3) is 0.250. The number of rotatable bonds is 8. The van der Waals surface area contributed by atoms with Gasteiger partial charge >= 0.3 is 0 Å². The summed E-state index contributed by atoms with van der Waals surface area (Å²) in [5, 5.41) is 24.5. The molecular weight excluding hydrogens is 564 g/mol.